The summed E-state index contributed by atoms with van der Waals surface area (Å²) in [6.07, 6.45) is 7.53. The van der Waals surface area contributed by atoms with E-state index in [-0.39, 0.29) is 0 Å². The molecule has 1 heterocycles. The number of ether oxygens (including phenoxy) is 1. The lowest BCUT2D eigenvalue weighted by Crippen LogP contribution is -2.32. The lowest BCUT2D eigenvalue weighted by molar-refractivity contribution is 0.244. The fraction of sp³-hybridized carbons (Fsp3) is 0.688. The summed E-state index contributed by atoms with van der Waals surface area (Å²) in [7, 11) is 1.74. The first-order chi connectivity index (χ1) is 9.33. The van der Waals surface area contributed by atoms with E-state index in [0.717, 1.165) is 35.7 Å². The number of fused-ring (bicyclic) bond motifs is 2. The van der Waals surface area contributed by atoms with Crippen LogP contribution in [-0.2, 0) is 0 Å². The summed E-state index contributed by atoms with van der Waals surface area (Å²) in [4.78, 5) is 4.61. The van der Waals surface area contributed by atoms with E-state index in [4.69, 9.17) is 4.74 Å². The Labute approximate surface area is 115 Å². The number of methoxy groups -OCH3 is 1. The third-order valence-corrected chi connectivity index (χ3v) is 4.96. The van der Waals surface area contributed by atoms with Gasteiger partial charge in [-0.1, -0.05) is 13.3 Å². The van der Waals surface area contributed by atoms with Crippen LogP contribution in [0.3, 0.4) is 0 Å². The summed E-state index contributed by atoms with van der Waals surface area (Å²) in [6, 6.07) is 4.34. The normalized spacial score (nSPS) is 30.5. The zero-order valence-corrected chi connectivity index (χ0v) is 11.9. The Bertz CT molecular complexity index is 435. The minimum atomic E-state index is 0.358. The van der Waals surface area contributed by atoms with E-state index in [2.05, 4.69) is 17.2 Å². The van der Waals surface area contributed by atoms with Gasteiger partial charge in [-0.05, 0) is 55.7 Å². The predicted octanol–water partition coefficient (Wildman–Crippen LogP) is 3.18. The average molecular weight is 260 g/mol. The lowest BCUT2D eigenvalue weighted by Gasteiger charge is -2.31. The van der Waals surface area contributed by atoms with E-state index in [0.29, 0.717) is 6.04 Å². The van der Waals surface area contributed by atoms with Gasteiger partial charge in [0.1, 0.15) is 5.75 Å². The molecule has 4 unspecified atom stereocenters. The van der Waals surface area contributed by atoms with Crippen LogP contribution in [0.15, 0.2) is 18.3 Å². The standard InChI is InChI=1S/C16H24N2O/c1-3-17-15(13-10-11-6-7-12(13)9-11)16-14(19-2)5-4-8-18-16/h4-5,8,11-13,15,17H,3,6-7,9-10H2,1-2H3. The fourth-order valence-corrected chi connectivity index (χ4v) is 4.18. The van der Waals surface area contributed by atoms with Crippen LogP contribution < -0.4 is 10.1 Å². The van der Waals surface area contributed by atoms with Crippen LogP contribution in [-0.4, -0.2) is 18.6 Å². The second-order valence-corrected chi connectivity index (χ2v) is 5.96. The number of hydrogen-bond donors (Lipinski definition) is 1. The maximum absolute atomic E-state index is 5.51. The van der Waals surface area contributed by atoms with Crippen LogP contribution in [0.1, 0.15) is 44.3 Å². The number of nitrogens with one attached hydrogen (secondary N) is 1. The van der Waals surface area contributed by atoms with Crippen molar-refractivity contribution in [3.05, 3.63) is 24.0 Å². The van der Waals surface area contributed by atoms with E-state index >= 15 is 0 Å². The van der Waals surface area contributed by atoms with Gasteiger partial charge in [0.15, 0.2) is 0 Å². The van der Waals surface area contributed by atoms with Crippen LogP contribution in [0.2, 0.25) is 0 Å². The lowest BCUT2D eigenvalue weighted by atomic mass is 9.81. The third kappa shape index (κ3) is 2.36. The first-order valence-corrected chi connectivity index (χ1v) is 7.55. The predicted molar refractivity (Wildman–Crippen MR) is 76.1 cm³/mol. The molecule has 0 spiro atoms. The molecule has 2 aliphatic rings. The summed E-state index contributed by atoms with van der Waals surface area (Å²) in [5.74, 6) is 3.52. The summed E-state index contributed by atoms with van der Waals surface area (Å²) < 4.78 is 5.51. The summed E-state index contributed by atoms with van der Waals surface area (Å²) in [5, 5.41) is 3.66. The van der Waals surface area contributed by atoms with Gasteiger partial charge in [-0.3, -0.25) is 4.98 Å². The van der Waals surface area contributed by atoms with Gasteiger partial charge in [0, 0.05) is 6.20 Å². The number of pyridine rings is 1. The highest BCUT2D eigenvalue weighted by atomic mass is 16.5. The highest BCUT2D eigenvalue weighted by Crippen LogP contribution is 2.53. The number of rotatable bonds is 5. The first-order valence-electron chi connectivity index (χ1n) is 7.55. The molecule has 2 fully saturated rings. The Kier molecular flexibility index (Phi) is 3.74. The fourth-order valence-electron chi connectivity index (χ4n) is 4.18. The maximum Gasteiger partial charge on any atom is 0.141 e. The Morgan fingerprint density at radius 1 is 1.42 bits per heavy atom. The molecule has 19 heavy (non-hydrogen) atoms. The topological polar surface area (TPSA) is 34.2 Å². The van der Waals surface area contributed by atoms with Crippen molar-refractivity contribution in [3.8, 4) is 5.75 Å². The molecule has 104 valence electrons. The largest absolute Gasteiger partial charge is 0.495 e. The highest BCUT2D eigenvalue weighted by Gasteiger charge is 2.44. The SMILES string of the molecule is CCNC(c1ncccc1OC)C1CC2CCC1C2. The van der Waals surface area contributed by atoms with E-state index in [1.165, 1.54) is 25.7 Å². The van der Waals surface area contributed by atoms with Crippen LogP contribution in [0.25, 0.3) is 0 Å². The minimum Gasteiger partial charge on any atom is -0.495 e. The minimum absolute atomic E-state index is 0.358. The van der Waals surface area contributed by atoms with Crippen molar-refractivity contribution >= 4 is 0 Å². The van der Waals surface area contributed by atoms with Crippen LogP contribution in [0.5, 0.6) is 5.75 Å². The molecule has 2 saturated carbocycles. The van der Waals surface area contributed by atoms with Gasteiger partial charge in [-0.25, -0.2) is 0 Å². The molecule has 0 aromatic carbocycles. The zero-order chi connectivity index (χ0) is 13.2. The quantitative estimate of drug-likeness (QED) is 0.883. The van der Waals surface area contributed by atoms with Crippen molar-refractivity contribution in [2.45, 2.75) is 38.6 Å². The van der Waals surface area contributed by atoms with Crippen molar-refractivity contribution in [2.24, 2.45) is 17.8 Å². The van der Waals surface area contributed by atoms with Crippen molar-refractivity contribution < 1.29 is 4.74 Å². The number of aromatic nitrogens is 1. The molecule has 2 aliphatic carbocycles. The molecule has 0 radical (unpaired) electrons. The Morgan fingerprint density at radius 2 is 2.32 bits per heavy atom. The third-order valence-electron chi connectivity index (χ3n) is 4.96. The summed E-state index contributed by atoms with van der Waals surface area (Å²) in [6.45, 7) is 3.16. The number of nitrogens with zero attached hydrogens (tertiary/aromatic N) is 1. The maximum atomic E-state index is 5.51. The van der Waals surface area contributed by atoms with Gasteiger partial charge in [0.05, 0.1) is 18.8 Å². The monoisotopic (exact) mass is 260 g/mol. The zero-order valence-electron chi connectivity index (χ0n) is 11.9. The van der Waals surface area contributed by atoms with Gasteiger partial charge in [-0.2, -0.15) is 0 Å². The Morgan fingerprint density at radius 3 is 2.95 bits per heavy atom. The van der Waals surface area contributed by atoms with Gasteiger partial charge in [0.25, 0.3) is 0 Å². The van der Waals surface area contributed by atoms with Crippen LogP contribution in [0.4, 0.5) is 0 Å². The Balaban J connectivity index is 1.88. The van der Waals surface area contributed by atoms with E-state index in [9.17, 15) is 0 Å². The summed E-state index contributed by atoms with van der Waals surface area (Å²) >= 11 is 0. The van der Waals surface area contributed by atoms with Gasteiger partial charge in [0.2, 0.25) is 0 Å². The molecule has 1 aromatic heterocycles. The van der Waals surface area contributed by atoms with Gasteiger partial charge < -0.3 is 10.1 Å². The molecule has 4 atom stereocenters. The summed E-state index contributed by atoms with van der Waals surface area (Å²) in [5.41, 5.74) is 1.10. The second-order valence-electron chi connectivity index (χ2n) is 5.96. The van der Waals surface area contributed by atoms with Crippen LogP contribution >= 0.6 is 0 Å². The van der Waals surface area contributed by atoms with Crippen LogP contribution in [0, 0.1) is 17.8 Å². The molecule has 0 aliphatic heterocycles. The van der Waals surface area contributed by atoms with Gasteiger partial charge >= 0.3 is 0 Å². The molecule has 2 bridgehead atoms. The Hall–Kier alpha value is -1.09. The average Bonchev–Trinajstić information content (AvgIpc) is 3.07. The smallest absolute Gasteiger partial charge is 0.141 e. The molecule has 0 amide bonds. The van der Waals surface area contributed by atoms with Crippen molar-refractivity contribution in [3.63, 3.8) is 0 Å². The molecular formula is C16H24N2O. The highest BCUT2D eigenvalue weighted by molar-refractivity contribution is 5.30. The van der Waals surface area contributed by atoms with Gasteiger partial charge in [-0.15, -0.1) is 0 Å². The molecule has 3 heteroatoms. The molecule has 1 N–H and O–H groups in total. The van der Waals surface area contributed by atoms with Crippen molar-refractivity contribution in [1.29, 1.82) is 0 Å². The van der Waals surface area contributed by atoms with E-state index < -0.39 is 0 Å². The molecular weight excluding hydrogens is 236 g/mol. The number of hydrogen-bond acceptors (Lipinski definition) is 3. The molecule has 3 rings (SSSR count). The van der Waals surface area contributed by atoms with E-state index in [1.807, 2.05) is 18.3 Å². The molecule has 0 saturated heterocycles. The van der Waals surface area contributed by atoms with E-state index in [1.54, 1.807) is 7.11 Å². The molecule has 1 aromatic rings. The van der Waals surface area contributed by atoms with Crippen molar-refractivity contribution in [2.75, 3.05) is 13.7 Å². The molecule has 3 nitrogen and oxygen atoms in total. The second kappa shape index (κ2) is 5.49. The van der Waals surface area contributed by atoms with Crippen molar-refractivity contribution in [1.82, 2.24) is 10.3 Å². The first kappa shape index (κ1) is 12.9.